The monoisotopic (exact) mass is 419 g/mol. The molecule has 4 nitrogen and oxygen atoms in total. The van der Waals surface area contributed by atoms with E-state index in [0.29, 0.717) is 18.4 Å². The molecular weight excluding hydrogens is 385 g/mol. The number of likely N-dealkylation sites (tertiary alicyclic amines) is 1. The number of thiazole rings is 1. The van der Waals surface area contributed by atoms with Gasteiger partial charge in [0, 0.05) is 37.7 Å². The third-order valence-electron chi connectivity index (χ3n) is 5.71. The summed E-state index contributed by atoms with van der Waals surface area (Å²) in [6, 6.07) is 7.13. The number of ether oxygens (including phenoxy) is 1. The first-order valence-corrected chi connectivity index (χ1v) is 11.5. The van der Waals surface area contributed by atoms with E-state index >= 15 is 0 Å². The van der Waals surface area contributed by atoms with Crippen molar-refractivity contribution in [3.63, 3.8) is 0 Å². The van der Waals surface area contributed by atoms with Gasteiger partial charge in [-0.2, -0.15) is 0 Å². The molecule has 1 aromatic heterocycles. The Bertz CT molecular complexity index is 743. The molecule has 3 rings (SSSR count). The van der Waals surface area contributed by atoms with Crippen molar-refractivity contribution in [3.8, 4) is 0 Å². The van der Waals surface area contributed by atoms with Crippen molar-refractivity contribution in [1.82, 2.24) is 14.8 Å². The first-order chi connectivity index (χ1) is 14.0. The van der Waals surface area contributed by atoms with Gasteiger partial charge in [0.05, 0.1) is 18.8 Å². The lowest BCUT2D eigenvalue weighted by molar-refractivity contribution is 0.106. The fourth-order valence-corrected chi connectivity index (χ4v) is 4.87. The van der Waals surface area contributed by atoms with Gasteiger partial charge in [-0.3, -0.25) is 9.80 Å². The van der Waals surface area contributed by atoms with Gasteiger partial charge in [0.2, 0.25) is 0 Å². The average molecular weight is 420 g/mol. The summed E-state index contributed by atoms with van der Waals surface area (Å²) in [5.74, 6) is 1.06. The van der Waals surface area contributed by atoms with Gasteiger partial charge in [0.25, 0.3) is 0 Å². The van der Waals surface area contributed by atoms with Gasteiger partial charge in [0.1, 0.15) is 10.8 Å². The smallest absolute Gasteiger partial charge is 0.127 e. The normalized spacial score (nSPS) is 16.2. The molecule has 1 aromatic carbocycles. The van der Waals surface area contributed by atoms with Crippen molar-refractivity contribution in [2.45, 2.75) is 45.7 Å². The molecule has 1 saturated heterocycles. The van der Waals surface area contributed by atoms with E-state index in [1.165, 1.54) is 10.7 Å². The fourth-order valence-electron chi connectivity index (χ4n) is 3.87. The van der Waals surface area contributed by atoms with E-state index in [1.54, 1.807) is 30.6 Å². The highest BCUT2D eigenvalue weighted by molar-refractivity contribution is 7.09. The van der Waals surface area contributed by atoms with E-state index in [2.05, 4.69) is 29.0 Å². The lowest BCUT2D eigenvalue weighted by Gasteiger charge is -2.34. The molecule has 2 heterocycles. The van der Waals surface area contributed by atoms with Gasteiger partial charge >= 0.3 is 0 Å². The van der Waals surface area contributed by atoms with Crippen LogP contribution in [-0.4, -0.2) is 54.7 Å². The molecule has 0 spiro atoms. The van der Waals surface area contributed by atoms with Crippen LogP contribution in [0.25, 0.3) is 0 Å². The molecule has 0 N–H and O–H groups in total. The minimum Gasteiger partial charge on any atom is -0.383 e. The zero-order valence-corrected chi connectivity index (χ0v) is 18.8. The van der Waals surface area contributed by atoms with Crippen molar-refractivity contribution in [1.29, 1.82) is 0 Å². The molecule has 0 aliphatic carbocycles. The largest absolute Gasteiger partial charge is 0.383 e. The number of hydrogen-bond donors (Lipinski definition) is 0. The predicted octanol–water partition coefficient (Wildman–Crippen LogP) is 4.77. The second kappa shape index (κ2) is 11.2. The summed E-state index contributed by atoms with van der Waals surface area (Å²) in [4.78, 5) is 9.68. The van der Waals surface area contributed by atoms with Crippen LogP contribution in [0.5, 0.6) is 0 Å². The van der Waals surface area contributed by atoms with E-state index in [4.69, 9.17) is 9.72 Å². The summed E-state index contributed by atoms with van der Waals surface area (Å²) in [7, 11) is 1.76. The number of rotatable bonds is 10. The first-order valence-electron chi connectivity index (χ1n) is 10.7. The molecule has 2 aromatic rings. The molecule has 0 atom stereocenters. The van der Waals surface area contributed by atoms with Gasteiger partial charge in [0.15, 0.2) is 0 Å². The van der Waals surface area contributed by atoms with Gasteiger partial charge in [-0.15, -0.1) is 11.3 Å². The Hall–Kier alpha value is -1.34. The molecule has 1 aliphatic rings. The average Bonchev–Trinajstić information content (AvgIpc) is 3.18. The third kappa shape index (κ3) is 6.85. The molecule has 1 fully saturated rings. The maximum atomic E-state index is 13.9. The summed E-state index contributed by atoms with van der Waals surface area (Å²) >= 11 is 1.77. The maximum Gasteiger partial charge on any atom is 0.127 e. The SMILES string of the molecule is COCCN(Cc1nc(C(C)C)cs1)CC1CCN(Cc2ccccc2F)CC1. The molecule has 0 amide bonds. The molecule has 0 saturated carbocycles. The van der Waals surface area contributed by atoms with E-state index in [0.717, 1.165) is 57.7 Å². The quantitative estimate of drug-likeness (QED) is 0.555. The topological polar surface area (TPSA) is 28.6 Å². The highest BCUT2D eigenvalue weighted by atomic mass is 32.1. The van der Waals surface area contributed by atoms with Gasteiger partial charge in [-0.25, -0.2) is 9.37 Å². The van der Waals surface area contributed by atoms with Crippen molar-refractivity contribution >= 4 is 11.3 Å². The fraction of sp³-hybridized carbons (Fsp3) is 0.609. The van der Waals surface area contributed by atoms with Crippen molar-refractivity contribution in [3.05, 3.63) is 51.7 Å². The van der Waals surface area contributed by atoms with Crippen LogP contribution >= 0.6 is 11.3 Å². The standard InChI is InChI=1S/C23H34FN3OS/c1-18(2)22-17-29-23(25-22)16-27(12-13-28-3)14-19-8-10-26(11-9-19)15-20-6-4-5-7-21(20)24/h4-7,17-19H,8-16H2,1-3H3. The Balaban J connectivity index is 1.50. The molecule has 0 bridgehead atoms. The second-order valence-corrected chi connectivity index (χ2v) is 9.30. The summed E-state index contributed by atoms with van der Waals surface area (Å²) < 4.78 is 19.3. The zero-order valence-electron chi connectivity index (χ0n) is 17.9. The second-order valence-electron chi connectivity index (χ2n) is 8.36. The summed E-state index contributed by atoms with van der Waals surface area (Å²) in [6.45, 7) is 10.8. The van der Waals surface area contributed by atoms with Crippen LogP contribution < -0.4 is 0 Å². The van der Waals surface area contributed by atoms with Crippen LogP contribution in [-0.2, 0) is 17.8 Å². The van der Waals surface area contributed by atoms with E-state index in [-0.39, 0.29) is 5.82 Å². The number of halogens is 1. The molecule has 29 heavy (non-hydrogen) atoms. The van der Waals surface area contributed by atoms with Gasteiger partial charge < -0.3 is 4.74 Å². The Labute approximate surface area is 178 Å². The molecule has 6 heteroatoms. The molecule has 160 valence electrons. The summed E-state index contributed by atoms with van der Waals surface area (Å²) in [5, 5.41) is 3.39. The Morgan fingerprint density at radius 3 is 2.69 bits per heavy atom. The minimum absolute atomic E-state index is 0.0930. The van der Waals surface area contributed by atoms with Crippen LogP contribution in [0.4, 0.5) is 4.39 Å². The molecule has 0 unspecified atom stereocenters. The number of piperidine rings is 1. The molecular formula is C23H34FN3OS. The molecule has 1 aliphatic heterocycles. The number of benzene rings is 1. The van der Waals surface area contributed by atoms with Crippen LogP contribution in [0.15, 0.2) is 29.6 Å². The third-order valence-corrected chi connectivity index (χ3v) is 6.56. The van der Waals surface area contributed by atoms with Crippen LogP contribution in [0, 0.1) is 11.7 Å². The molecule has 0 radical (unpaired) electrons. The zero-order chi connectivity index (χ0) is 20.6. The maximum absolute atomic E-state index is 13.9. The van der Waals surface area contributed by atoms with E-state index in [9.17, 15) is 4.39 Å². The first kappa shape index (κ1) is 22.3. The number of hydrogen-bond acceptors (Lipinski definition) is 5. The Kier molecular flexibility index (Phi) is 8.60. The Morgan fingerprint density at radius 1 is 1.28 bits per heavy atom. The summed E-state index contributed by atoms with van der Waals surface area (Å²) in [5.41, 5.74) is 2.00. The van der Waals surface area contributed by atoms with Crippen molar-refractivity contribution < 1.29 is 9.13 Å². The highest BCUT2D eigenvalue weighted by Crippen LogP contribution is 2.23. The Morgan fingerprint density at radius 2 is 2.03 bits per heavy atom. The van der Waals surface area contributed by atoms with Crippen molar-refractivity contribution in [2.75, 3.05) is 39.9 Å². The number of methoxy groups -OCH3 is 1. The lowest BCUT2D eigenvalue weighted by Crippen LogP contribution is -2.39. The van der Waals surface area contributed by atoms with Crippen LogP contribution in [0.2, 0.25) is 0 Å². The van der Waals surface area contributed by atoms with Gasteiger partial charge in [-0.1, -0.05) is 32.0 Å². The number of aromatic nitrogens is 1. The summed E-state index contributed by atoms with van der Waals surface area (Å²) in [6.07, 6.45) is 2.32. The lowest BCUT2D eigenvalue weighted by atomic mass is 9.95. The van der Waals surface area contributed by atoms with E-state index in [1.807, 2.05) is 12.1 Å². The van der Waals surface area contributed by atoms with Gasteiger partial charge in [-0.05, 0) is 43.8 Å². The van der Waals surface area contributed by atoms with Crippen LogP contribution in [0.3, 0.4) is 0 Å². The minimum atomic E-state index is -0.0930. The van der Waals surface area contributed by atoms with Crippen molar-refractivity contribution in [2.24, 2.45) is 5.92 Å². The predicted molar refractivity (Wildman–Crippen MR) is 118 cm³/mol. The highest BCUT2D eigenvalue weighted by Gasteiger charge is 2.22. The number of nitrogens with zero attached hydrogens (tertiary/aromatic N) is 3. The van der Waals surface area contributed by atoms with Crippen LogP contribution in [0.1, 0.15) is 48.9 Å². The van der Waals surface area contributed by atoms with E-state index < -0.39 is 0 Å².